The molecule has 0 unspecified atom stereocenters. The Labute approximate surface area is 76.8 Å². The molecule has 0 aromatic carbocycles. The number of hydrogen-bond acceptors (Lipinski definition) is 3. The van der Waals surface area contributed by atoms with Gasteiger partial charge in [0.1, 0.15) is 0 Å². The fourth-order valence-corrected chi connectivity index (χ4v) is 1.06. The van der Waals surface area contributed by atoms with Gasteiger partial charge in [0, 0.05) is 26.6 Å². The van der Waals surface area contributed by atoms with Gasteiger partial charge in [-0.3, -0.25) is 4.79 Å². The van der Waals surface area contributed by atoms with Crippen molar-refractivity contribution in [1.29, 1.82) is 0 Å². The van der Waals surface area contributed by atoms with E-state index < -0.39 is 5.67 Å². The summed E-state index contributed by atoms with van der Waals surface area (Å²) in [5.41, 5.74) is -1.23. The average Bonchev–Trinajstić information content (AvgIpc) is 2.08. The molecule has 4 nitrogen and oxygen atoms in total. The van der Waals surface area contributed by atoms with Gasteiger partial charge >= 0.3 is 0 Å². The molecule has 1 aliphatic heterocycles. The van der Waals surface area contributed by atoms with E-state index >= 15 is 0 Å². The van der Waals surface area contributed by atoms with Gasteiger partial charge in [-0.2, -0.15) is 0 Å². The van der Waals surface area contributed by atoms with E-state index in [0.717, 1.165) is 0 Å². The highest BCUT2D eigenvalue weighted by Crippen LogP contribution is 2.14. The number of amides is 1. The summed E-state index contributed by atoms with van der Waals surface area (Å²) < 4.78 is 18.0. The van der Waals surface area contributed by atoms with Gasteiger partial charge in [0.2, 0.25) is 5.91 Å². The first-order chi connectivity index (χ1) is 6.16. The molecule has 5 heteroatoms. The molecule has 0 saturated carbocycles. The number of halogens is 1. The van der Waals surface area contributed by atoms with Gasteiger partial charge in [-0.15, -0.1) is 0 Å². The van der Waals surface area contributed by atoms with Crippen molar-refractivity contribution in [2.24, 2.45) is 0 Å². The van der Waals surface area contributed by atoms with Crippen LogP contribution >= 0.6 is 0 Å². The Morgan fingerprint density at radius 3 is 2.85 bits per heavy atom. The molecule has 1 aliphatic rings. The number of alkyl halides is 1. The molecule has 1 saturated heterocycles. The molecular weight excluding hydrogens is 175 g/mol. The number of nitrogens with one attached hydrogen (secondary N) is 2. The fraction of sp³-hybridized carbons (Fsp3) is 0.875. The number of methoxy groups -OCH3 is 1. The predicted molar refractivity (Wildman–Crippen MR) is 46.2 cm³/mol. The Morgan fingerprint density at radius 2 is 2.38 bits per heavy atom. The zero-order valence-corrected chi connectivity index (χ0v) is 7.73. The summed E-state index contributed by atoms with van der Waals surface area (Å²) >= 11 is 0. The summed E-state index contributed by atoms with van der Waals surface area (Å²) in [7, 11) is 1.53. The molecule has 1 rings (SSSR count). The minimum atomic E-state index is -1.23. The van der Waals surface area contributed by atoms with Crippen molar-refractivity contribution in [2.75, 3.05) is 33.4 Å². The lowest BCUT2D eigenvalue weighted by Gasteiger charge is -2.34. The van der Waals surface area contributed by atoms with Crippen molar-refractivity contribution in [3.8, 4) is 0 Å². The van der Waals surface area contributed by atoms with Crippen LogP contribution in [0.2, 0.25) is 0 Å². The summed E-state index contributed by atoms with van der Waals surface area (Å²) in [5.74, 6) is -0.161. The van der Waals surface area contributed by atoms with E-state index in [-0.39, 0.29) is 12.5 Å². The molecule has 2 N–H and O–H groups in total. The number of rotatable bonds is 5. The lowest BCUT2D eigenvalue weighted by atomic mass is 10.00. The van der Waals surface area contributed by atoms with E-state index in [2.05, 4.69) is 10.6 Å². The number of carbonyl (C=O) groups is 1. The molecule has 1 amide bonds. The Balaban J connectivity index is 2.07. The number of carbonyl (C=O) groups excluding carboxylic acids is 1. The molecule has 76 valence electrons. The van der Waals surface area contributed by atoms with Crippen LogP contribution in [0.25, 0.3) is 0 Å². The van der Waals surface area contributed by atoms with Crippen molar-refractivity contribution in [2.45, 2.75) is 12.1 Å². The van der Waals surface area contributed by atoms with Crippen LogP contribution in [-0.4, -0.2) is 44.9 Å². The molecule has 0 radical (unpaired) electrons. The van der Waals surface area contributed by atoms with E-state index in [0.29, 0.717) is 26.1 Å². The van der Waals surface area contributed by atoms with Crippen molar-refractivity contribution < 1.29 is 13.9 Å². The third-order valence-corrected chi connectivity index (χ3v) is 2.02. The molecule has 1 heterocycles. The standard InChI is InChI=1S/C8H15FN2O2/c1-13-3-2-7(12)11-6-8(9)4-10-5-8/h10H,2-6H2,1H3,(H,11,12). The Hall–Kier alpha value is -0.680. The quantitative estimate of drug-likeness (QED) is 0.611. The van der Waals surface area contributed by atoms with Gasteiger partial charge < -0.3 is 15.4 Å². The molecule has 0 aromatic heterocycles. The van der Waals surface area contributed by atoms with Crippen LogP contribution in [0.3, 0.4) is 0 Å². The summed E-state index contributed by atoms with van der Waals surface area (Å²) in [5, 5.41) is 5.34. The molecular formula is C8H15FN2O2. The van der Waals surface area contributed by atoms with Gasteiger partial charge in [-0.25, -0.2) is 4.39 Å². The zero-order chi connectivity index (χ0) is 9.73. The minimum absolute atomic E-state index is 0.0997. The van der Waals surface area contributed by atoms with Crippen LogP contribution in [-0.2, 0) is 9.53 Å². The third-order valence-electron chi connectivity index (χ3n) is 2.02. The van der Waals surface area contributed by atoms with E-state index in [1.807, 2.05) is 0 Å². The van der Waals surface area contributed by atoms with Gasteiger partial charge in [0.25, 0.3) is 0 Å². The largest absolute Gasteiger partial charge is 0.384 e. The van der Waals surface area contributed by atoms with Gasteiger partial charge in [-0.1, -0.05) is 0 Å². The third kappa shape index (κ3) is 3.28. The van der Waals surface area contributed by atoms with E-state index in [1.54, 1.807) is 0 Å². The monoisotopic (exact) mass is 190 g/mol. The topological polar surface area (TPSA) is 50.4 Å². The second-order valence-electron chi connectivity index (χ2n) is 3.27. The summed E-state index contributed by atoms with van der Waals surface area (Å²) in [4.78, 5) is 11.0. The maximum absolute atomic E-state index is 13.3. The van der Waals surface area contributed by atoms with E-state index in [4.69, 9.17) is 4.74 Å². The van der Waals surface area contributed by atoms with Crippen molar-refractivity contribution in [3.05, 3.63) is 0 Å². The fourth-order valence-electron chi connectivity index (χ4n) is 1.06. The van der Waals surface area contributed by atoms with Crippen LogP contribution in [0, 0.1) is 0 Å². The number of hydrogen-bond donors (Lipinski definition) is 2. The maximum Gasteiger partial charge on any atom is 0.222 e. The molecule has 13 heavy (non-hydrogen) atoms. The van der Waals surface area contributed by atoms with Crippen molar-refractivity contribution >= 4 is 5.91 Å². The second kappa shape index (κ2) is 4.53. The maximum atomic E-state index is 13.3. The summed E-state index contributed by atoms with van der Waals surface area (Å²) in [6.45, 7) is 1.14. The number of ether oxygens (including phenoxy) is 1. The Kier molecular flexibility index (Phi) is 3.62. The lowest BCUT2D eigenvalue weighted by molar-refractivity contribution is -0.122. The van der Waals surface area contributed by atoms with Gasteiger partial charge in [0.15, 0.2) is 5.67 Å². The van der Waals surface area contributed by atoms with Crippen LogP contribution < -0.4 is 10.6 Å². The highest BCUT2D eigenvalue weighted by Gasteiger charge is 2.36. The lowest BCUT2D eigenvalue weighted by Crippen LogP contribution is -2.61. The van der Waals surface area contributed by atoms with Crippen LogP contribution in [0.5, 0.6) is 0 Å². The zero-order valence-electron chi connectivity index (χ0n) is 7.73. The SMILES string of the molecule is COCCC(=O)NCC1(F)CNC1. The molecule has 0 spiro atoms. The highest BCUT2D eigenvalue weighted by molar-refractivity contribution is 5.76. The van der Waals surface area contributed by atoms with Crippen LogP contribution in [0.15, 0.2) is 0 Å². The minimum Gasteiger partial charge on any atom is -0.384 e. The first kappa shape index (κ1) is 10.4. The smallest absolute Gasteiger partial charge is 0.222 e. The van der Waals surface area contributed by atoms with Gasteiger partial charge in [0.05, 0.1) is 13.2 Å². The average molecular weight is 190 g/mol. The molecule has 0 aliphatic carbocycles. The molecule has 0 bridgehead atoms. The van der Waals surface area contributed by atoms with Crippen LogP contribution in [0.4, 0.5) is 4.39 Å². The second-order valence-corrected chi connectivity index (χ2v) is 3.27. The predicted octanol–water partition coefficient (Wildman–Crippen LogP) is -0.549. The highest BCUT2D eigenvalue weighted by atomic mass is 19.1. The van der Waals surface area contributed by atoms with E-state index in [9.17, 15) is 9.18 Å². The molecule has 0 atom stereocenters. The summed E-state index contributed by atoms with van der Waals surface area (Å²) in [6, 6.07) is 0. The van der Waals surface area contributed by atoms with Crippen molar-refractivity contribution in [3.63, 3.8) is 0 Å². The summed E-state index contributed by atoms with van der Waals surface area (Å²) in [6.07, 6.45) is 0.292. The first-order valence-electron chi connectivity index (χ1n) is 4.31. The van der Waals surface area contributed by atoms with Gasteiger partial charge in [-0.05, 0) is 0 Å². The molecule has 1 fully saturated rings. The molecule has 0 aromatic rings. The first-order valence-corrected chi connectivity index (χ1v) is 4.31. The normalized spacial score (nSPS) is 19.2. The van der Waals surface area contributed by atoms with E-state index in [1.165, 1.54) is 7.11 Å². The Bertz CT molecular complexity index is 183. The van der Waals surface area contributed by atoms with Crippen LogP contribution in [0.1, 0.15) is 6.42 Å². The van der Waals surface area contributed by atoms with Crippen molar-refractivity contribution in [1.82, 2.24) is 10.6 Å². The Morgan fingerprint density at radius 1 is 1.69 bits per heavy atom.